The Morgan fingerprint density at radius 1 is 0.962 bits per heavy atom. The number of rotatable bonds is 9. The van der Waals surface area contributed by atoms with Gasteiger partial charge in [0.15, 0.2) is 6.61 Å². The summed E-state index contributed by atoms with van der Waals surface area (Å²) in [5.74, 6) is 0.0158. The third-order valence-corrected chi connectivity index (χ3v) is 3.95. The van der Waals surface area contributed by atoms with E-state index in [1.54, 1.807) is 11.9 Å². The van der Waals surface area contributed by atoms with Gasteiger partial charge in [0.1, 0.15) is 5.75 Å². The molecule has 1 amide bonds. The highest BCUT2D eigenvalue weighted by Gasteiger charge is 2.12. The Bertz CT molecular complexity index is 698. The molecule has 0 saturated carbocycles. The van der Waals surface area contributed by atoms with Gasteiger partial charge in [-0.25, -0.2) is 0 Å². The first-order chi connectivity index (χ1) is 12.6. The van der Waals surface area contributed by atoms with Crippen molar-refractivity contribution in [3.63, 3.8) is 0 Å². The highest BCUT2D eigenvalue weighted by molar-refractivity contribution is 5.80. The third-order valence-electron chi connectivity index (χ3n) is 3.95. The molecule has 0 spiro atoms. The number of carbonyl (C=O) groups is 2. The number of ether oxygens (including phenoxy) is 2. The number of esters is 1. The molecule has 0 unspecified atom stereocenters. The van der Waals surface area contributed by atoms with Crippen molar-refractivity contribution in [2.24, 2.45) is 0 Å². The zero-order chi connectivity index (χ0) is 18.8. The van der Waals surface area contributed by atoms with Crippen molar-refractivity contribution >= 4 is 11.9 Å². The number of benzene rings is 2. The Kier molecular flexibility index (Phi) is 7.68. The van der Waals surface area contributed by atoms with Gasteiger partial charge in [-0.3, -0.25) is 9.59 Å². The summed E-state index contributed by atoms with van der Waals surface area (Å²) in [5.41, 5.74) is 2.30. The van der Waals surface area contributed by atoms with Gasteiger partial charge in [0.25, 0.3) is 5.91 Å². The van der Waals surface area contributed by atoms with E-state index in [1.165, 1.54) is 5.56 Å². The first kappa shape index (κ1) is 19.5. The van der Waals surface area contributed by atoms with Gasteiger partial charge < -0.3 is 14.4 Å². The summed E-state index contributed by atoms with van der Waals surface area (Å²) in [4.78, 5) is 25.4. The highest BCUT2D eigenvalue weighted by atomic mass is 16.5. The first-order valence-corrected chi connectivity index (χ1v) is 8.73. The molecule has 5 heteroatoms. The number of carbonyl (C=O) groups excluding carboxylic acids is 2. The van der Waals surface area contributed by atoms with Crippen molar-refractivity contribution in [1.29, 1.82) is 0 Å². The first-order valence-electron chi connectivity index (χ1n) is 8.73. The average molecular weight is 355 g/mol. The number of hydrogen-bond donors (Lipinski definition) is 0. The van der Waals surface area contributed by atoms with E-state index in [0.717, 1.165) is 12.0 Å². The molecule has 0 fully saturated rings. The number of hydrogen-bond acceptors (Lipinski definition) is 4. The van der Waals surface area contributed by atoms with Crippen molar-refractivity contribution < 1.29 is 19.1 Å². The van der Waals surface area contributed by atoms with E-state index in [0.29, 0.717) is 12.3 Å². The highest BCUT2D eigenvalue weighted by Crippen LogP contribution is 2.09. The second-order valence-corrected chi connectivity index (χ2v) is 5.99. The molecule has 0 bridgehead atoms. The number of nitrogens with zero attached hydrogens (tertiary/aromatic N) is 1. The quantitative estimate of drug-likeness (QED) is 0.648. The molecule has 0 aliphatic carbocycles. The van der Waals surface area contributed by atoms with Crippen LogP contribution in [0.15, 0.2) is 54.6 Å². The molecule has 0 aliphatic heterocycles. The molecule has 2 aromatic carbocycles. The van der Waals surface area contributed by atoms with Crippen molar-refractivity contribution in [3.05, 3.63) is 65.7 Å². The standard InChI is InChI=1S/C21H25NO4/c1-3-17-9-11-18(12-10-17)15-22(2)20(23)16-26-21(24)13-14-25-19-7-5-4-6-8-19/h4-12H,3,13-16H2,1-2H3. The molecule has 0 heterocycles. The molecule has 0 atom stereocenters. The predicted octanol–water partition coefficient (Wildman–Crippen LogP) is 3.22. The van der Waals surface area contributed by atoms with E-state index in [-0.39, 0.29) is 25.5 Å². The Balaban J connectivity index is 1.66. The monoisotopic (exact) mass is 355 g/mol. The largest absolute Gasteiger partial charge is 0.493 e. The van der Waals surface area contributed by atoms with Gasteiger partial charge in [0.2, 0.25) is 0 Å². The zero-order valence-corrected chi connectivity index (χ0v) is 15.3. The molecule has 5 nitrogen and oxygen atoms in total. The topological polar surface area (TPSA) is 55.8 Å². The summed E-state index contributed by atoms with van der Waals surface area (Å²) in [7, 11) is 1.70. The lowest BCUT2D eigenvalue weighted by atomic mass is 10.1. The molecule has 138 valence electrons. The van der Waals surface area contributed by atoms with Crippen molar-refractivity contribution in [3.8, 4) is 5.75 Å². The molecular formula is C21H25NO4. The van der Waals surface area contributed by atoms with Crippen LogP contribution in [0.2, 0.25) is 0 Å². The molecule has 2 aromatic rings. The van der Waals surface area contributed by atoms with Crippen LogP contribution in [0, 0.1) is 0 Å². The second-order valence-electron chi connectivity index (χ2n) is 5.99. The van der Waals surface area contributed by atoms with Crippen LogP contribution in [0.25, 0.3) is 0 Å². The molecular weight excluding hydrogens is 330 g/mol. The van der Waals surface area contributed by atoms with Crippen molar-refractivity contribution in [2.75, 3.05) is 20.3 Å². The fourth-order valence-corrected chi connectivity index (χ4v) is 2.34. The lowest BCUT2D eigenvalue weighted by Crippen LogP contribution is -2.31. The molecule has 0 radical (unpaired) electrons. The maximum absolute atomic E-state index is 12.1. The van der Waals surface area contributed by atoms with Gasteiger partial charge in [-0.05, 0) is 29.7 Å². The van der Waals surface area contributed by atoms with Crippen LogP contribution >= 0.6 is 0 Å². The summed E-state index contributed by atoms with van der Waals surface area (Å²) in [6.07, 6.45) is 1.09. The lowest BCUT2D eigenvalue weighted by Gasteiger charge is -2.17. The minimum Gasteiger partial charge on any atom is -0.493 e. The maximum Gasteiger partial charge on any atom is 0.309 e. The Labute approximate surface area is 154 Å². The summed E-state index contributed by atoms with van der Waals surface area (Å²) in [5, 5.41) is 0. The summed E-state index contributed by atoms with van der Waals surface area (Å²) in [6, 6.07) is 17.4. The van der Waals surface area contributed by atoms with Crippen molar-refractivity contribution in [2.45, 2.75) is 26.3 Å². The van der Waals surface area contributed by atoms with Crippen LogP contribution in [0.1, 0.15) is 24.5 Å². The lowest BCUT2D eigenvalue weighted by molar-refractivity contribution is -0.152. The zero-order valence-electron chi connectivity index (χ0n) is 15.3. The van der Waals surface area contributed by atoms with E-state index in [4.69, 9.17) is 9.47 Å². The maximum atomic E-state index is 12.1. The summed E-state index contributed by atoms with van der Waals surface area (Å²) < 4.78 is 10.5. The van der Waals surface area contributed by atoms with Gasteiger partial charge in [0, 0.05) is 13.6 Å². The van der Waals surface area contributed by atoms with Gasteiger partial charge >= 0.3 is 5.97 Å². The number of aryl methyl sites for hydroxylation is 1. The molecule has 0 aromatic heterocycles. The molecule has 0 aliphatic rings. The van der Waals surface area contributed by atoms with Gasteiger partial charge in [-0.1, -0.05) is 49.4 Å². The minimum absolute atomic E-state index is 0.102. The van der Waals surface area contributed by atoms with Gasteiger partial charge in [0.05, 0.1) is 13.0 Å². The van der Waals surface area contributed by atoms with Gasteiger partial charge in [-0.2, -0.15) is 0 Å². The number of likely N-dealkylation sites (N-methyl/N-ethyl adjacent to an activating group) is 1. The SMILES string of the molecule is CCc1ccc(CN(C)C(=O)COC(=O)CCOc2ccccc2)cc1. The van der Waals surface area contributed by atoms with Crippen LogP contribution < -0.4 is 4.74 Å². The van der Waals surface area contributed by atoms with Crippen LogP contribution in [-0.4, -0.2) is 37.0 Å². The van der Waals surface area contributed by atoms with Crippen LogP contribution in [0.3, 0.4) is 0 Å². The fraction of sp³-hybridized carbons (Fsp3) is 0.333. The van der Waals surface area contributed by atoms with E-state index in [1.807, 2.05) is 42.5 Å². The van der Waals surface area contributed by atoms with E-state index < -0.39 is 5.97 Å². The predicted molar refractivity (Wildman–Crippen MR) is 99.8 cm³/mol. The van der Waals surface area contributed by atoms with Gasteiger partial charge in [-0.15, -0.1) is 0 Å². The summed E-state index contributed by atoms with van der Waals surface area (Å²) in [6.45, 7) is 2.55. The Morgan fingerprint density at radius 2 is 1.62 bits per heavy atom. The molecule has 26 heavy (non-hydrogen) atoms. The van der Waals surface area contributed by atoms with Crippen LogP contribution in [0.5, 0.6) is 5.75 Å². The fourth-order valence-electron chi connectivity index (χ4n) is 2.34. The van der Waals surface area contributed by atoms with Crippen LogP contribution in [-0.2, 0) is 27.3 Å². The van der Waals surface area contributed by atoms with E-state index >= 15 is 0 Å². The molecule has 2 rings (SSSR count). The average Bonchev–Trinajstić information content (AvgIpc) is 2.67. The second kappa shape index (κ2) is 10.2. The summed E-state index contributed by atoms with van der Waals surface area (Å²) >= 11 is 0. The Morgan fingerprint density at radius 3 is 2.27 bits per heavy atom. The van der Waals surface area contributed by atoms with E-state index in [9.17, 15) is 9.59 Å². The molecule has 0 saturated heterocycles. The smallest absolute Gasteiger partial charge is 0.309 e. The van der Waals surface area contributed by atoms with Crippen molar-refractivity contribution in [1.82, 2.24) is 4.90 Å². The number of para-hydroxylation sites is 1. The molecule has 0 N–H and O–H groups in total. The number of amides is 1. The normalized spacial score (nSPS) is 10.2. The van der Waals surface area contributed by atoms with E-state index in [2.05, 4.69) is 19.1 Å². The minimum atomic E-state index is -0.449. The van der Waals surface area contributed by atoms with Crippen LogP contribution in [0.4, 0.5) is 0 Å². The third kappa shape index (κ3) is 6.59. The Hall–Kier alpha value is -2.82.